The van der Waals surface area contributed by atoms with Gasteiger partial charge in [-0.05, 0) is 18.2 Å². The smallest absolute Gasteiger partial charge is 0.329 e. The van der Waals surface area contributed by atoms with Crippen LogP contribution in [0.3, 0.4) is 0 Å². The Morgan fingerprint density at radius 1 is 1.53 bits per heavy atom. The predicted octanol–water partition coefficient (Wildman–Crippen LogP) is 1.69. The molecule has 0 heterocycles. The van der Waals surface area contributed by atoms with E-state index in [-0.39, 0.29) is 5.91 Å². The number of carbonyl (C=O) groups excluding carboxylic acids is 2. The van der Waals surface area contributed by atoms with E-state index >= 15 is 0 Å². The van der Waals surface area contributed by atoms with E-state index in [0.717, 1.165) is 4.90 Å². The quantitative estimate of drug-likeness (QED) is 0.491. The van der Waals surface area contributed by atoms with Crippen molar-refractivity contribution in [3.05, 3.63) is 23.2 Å². The van der Waals surface area contributed by atoms with Crippen LogP contribution in [-0.4, -0.2) is 30.8 Å². The van der Waals surface area contributed by atoms with Crippen LogP contribution in [-0.2, 0) is 14.3 Å². The van der Waals surface area contributed by atoms with E-state index in [1.54, 1.807) is 18.2 Å². The van der Waals surface area contributed by atoms with Gasteiger partial charge in [-0.3, -0.25) is 4.79 Å². The van der Waals surface area contributed by atoms with Gasteiger partial charge in [-0.1, -0.05) is 11.6 Å². The van der Waals surface area contributed by atoms with Crippen LogP contribution in [0.15, 0.2) is 23.1 Å². The third kappa shape index (κ3) is 5.00. The molecule has 0 saturated carbocycles. The number of hydrogen-bond donors (Lipinski definition) is 2. The lowest BCUT2D eigenvalue weighted by molar-refractivity contribution is -0.144. The van der Waals surface area contributed by atoms with Gasteiger partial charge in [-0.2, -0.15) is 0 Å². The van der Waals surface area contributed by atoms with E-state index in [9.17, 15) is 9.59 Å². The summed E-state index contributed by atoms with van der Waals surface area (Å²) < 4.78 is 4.63. The van der Waals surface area contributed by atoms with Crippen LogP contribution in [0.5, 0.6) is 0 Å². The Kier molecular flexibility index (Phi) is 5.98. The van der Waals surface area contributed by atoms with Gasteiger partial charge in [-0.25, -0.2) is 4.79 Å². The van der Waals surface area contributed by atoms with E-state index in [1.165, 1.54) is 25.8 Å². The zero-order valence-electron chi connectivity index (χ0n) is 10.6. The summed E-state index contributed by atoms with van der Waals surface area (Å²) >= 11 is 7.35. The Morgan fingerprint density at radius 2 is 2.21 bits per heavy atom. The first-order valence-electron chi connectivity index (χ1n) is 5.46. The van der Waals surface area contributed by atoms with Crippen LogP contribution in [0.2, 0.25) is 5.02 Å². The Morgan fingerprint density at radius 3 is 2.79 bits per heavy atom. The number of carbonyl (C=O) groups is 2. The van der Waals surface area contributed by atoms with Crippen molar-refractivity contribution in [2.75, 3.05) is 18.6 Å². The molecule has 1 rings (SSSR count). The molecule has 5 nitrogen and oxygen atoms in total. The molecule has 0 fully saturated rings. The number of rotatable bonds is 5. The Balaban J connectivity index is 2.72. The van der Waals surface area contributed by atoms with E-state index in [0.29, 0.717) is 16.5 Å². The summed E-state index contributed by atoms with van der Waals surface area (Å²) in [6.07, 6.45) is 0. The Hall–Kier alpha value is -1.40. The van der Waals surface area contributed by atoms with Gasteiger partial charge in [0.1, 0.15) is 6.04 Å². The van der Waals surface area contributed by atoms with E-state index < -0.39 is 12.0 Å². The molecule has 1 unspecified atom stereocenters. The van der Waals surface area contributed by atoms with Gasteiger partial charge in [0, 0.05) is 23.3 Å². The molecule has 19 heavy (non-hydrogen) atoms. The fourth-order valence-electron chi connectivity index (χ4n) is 1.36. The molecular weight excluding hydrogens is 288 g/mol. The largest absolute Gasteiger partial charge is 0.467 e. The summed E-state index contributed by atoms with van der Waals surface area (Å²) in [7, 11) is 1.27. The number of hydrogen-bond acceptors (Lipinski definition) is 5. The van der Waals surface area contributed by atoms with Gasteiger partial charge in [0.25, 0.3) is 0 Å². The number of thioether (sulfide) groups is 1. The second-order valence-electron chi connectivity index (χ2n) is 3.78. The lowest BCUT2D eigenvalue weighted by Gasteiger charge is -2.15. The molecule has 0 aliphatic carbocycles. The number of amides is 1. The Labute approximate surface area is 120 Å². The maximum atomic E-state index is 11.5. The fraction of sp³-hybridized carbons (Fsp3) is 0.333. The van der Waals surface area contributed by atoms with Crippen LogP contribution in [0.4, 0.5) is 5.69 Å². The van der Waals surface area contributed by atoms with Crippen LogP contribution in [0.1, 0.15) is 6.92 Å². The van der Waals surface area contributed by atoms with Gasteiger partial charge in [-0.15, -0.1) is 11.8 Å². The summed E-state index contributed by atoms with van der Waals surface area (Å²) in [5.41, 5.74) is 6.25. The second-order valence-corrected chi connectivity index (χ2v) is 5.25. The van der Waals surface area contributed by atoms with E-state index in [4.69, 9.17) is 17.3 Å². The number of benzene rings is 1. The van der Waals surface area contributed by atoms with Crippen molar-refractivity contribution in [2.45, 2.75) is 17.9 Å². The first-order valence-corrected chi connectivity index (χ1v) is 6.83. The lowest BCUT2D eigenvalue weighted by atomic mass is 10.3. The number of halogens is 1. The number of ether oxygens (including phenoxy) is 1. The summed E-state index contributed by atoms with van der Waals surface area (Å²) in [5, 5.41) is 3.07. The van der Waals surface area contributed by atoms with Crippen LogP contribution < -0.4 is 11.1 Å². The average molecular weight is 303 g/mol. The van der Waals surface area contributed by atoms with Crippen molar-refractivity contribution in [1.82, 2.24) is 5.32 Å². The molecule has 0 bridgehead atoms. The van der Waals surface area contributed by atoms with Crippen LogP contribution in [0.25, 0.3) is 0 Å². The number of esters is 1. The molecule has 0 saturated heterocycles. The highest BCUT2D eigenvalue weighted by Gasteiger charge is 2.20. The van der Waals surface area contributed by atoms with Gasteiger partial charge >= 0.3 is 5.97 Å². The van der Waals surface area contributed by atoms with Gasteiger partial charge < -0.3 is 15.8 Å². The molecule has 0 spiro atoms. The normalized spacial score (nSPS) is 11.7. The standard InChI is InChI=1S/C12H15ClN2O3S/c1-7(16)15-10(12(17)18-2)6-19-11-5-8(14)3-4-9(11)13/h3-5,10H,6,14H2,1-2H3,(H,15,16). The number of methoxy groups -OCH3 is 1. The van der Waals surface area contributed by atoms with Crippen molar-refractivity contribution in [1.29, 1.82) is 0 Å². The predicted molar refractivity (Wildman–Crippen MR) is 76.2 cm³/mol. The van der Waals surface area contributed by atoms with E-state index in [2.05, 4.69) is 10.1 Å². The molecule has 0 radical (unpaired) electrons. The number of nitrogens with one attached hydrogen (secondary N) is 1. The summed E-state index contributed by atoms with van der Waals surface area (Å²) in [4.78, 5) is 23.3. The maximum Gasteiger partial charge on any atom is 0.329 e. The minimum atomic E-state index is -0.718. The number of nitrogens with two attached hydrogens (primary N) is 1. The molecule has 0 aliphatic rings. The summed E-state index contributed by atoms with van der Waals surface area (Å²) in [5.74, 6) is -0.479. The molecule has 104 valence electrons. The van der Waals surface area contributed by atoms with Crippen LogP contribution in [0, 0.1) is 0 Å². The van der Waals surface area contributed by atoms with Crippen molar-refractivity contribution in [3.8, 4) is 0 Å². The number of nitrogen functional groups attached to an aromatic ring is 1. The maximum absolute atomic E-state index is 11.5. The first-order chi connectivity index (χ1) is 8.93. The van der Waals surface area contributed by atoms with Gasteiger partial charge in [0.2, 0.25) is 5.91 Å². The van der Waals surface area contributed by atoms with Crippen molar-refractivity contribution in [3.63, 3.8) is 0 Å². The summed E-state index contributed by atoms with van der Waals surface area (Å²) in [6, 6.07) is 4.38. The molecule has 3 N–H and O–H groups in total. The Bertz CT molecular complexity index is 482. The molecule has 0 aromatic heterocycles. The highest BCUT2D eigenvalue weighted by molar-refractivity contribution is 7.99. The molecule has 7 heteroatoms. The molecule has 1 aromatic rings. The molecule has 0 aliphatic heterocycles. The summed E-state index contributed by atoms with van der Waals surface area (Å²) in [6.45, 7) is 1.34. The third-order valence-corrected chi connectivity index (χ3v) is 3.81. The molecule has 1 atom stereocenters. The minimum Gasteiger partial charge on any atom is -0.467 e. The second kappa shape index (κ2) is 7.25. The zero-order valence-corrected chi connectivity index (χ0v) is 12.2. The SMILES string of the molecule is COC(=O)C(CSc1cc(N)ccc1Cl)NC(C)=O. The average Bonchev–Trinajstić information content (AvgIpc) is 2.36. The topological polar surface area (TPSA) is 81.4 Å². The first kappa shape index (κ1) is 15.7. The third-order valence-electron chi connectivity index (χ3n) is 2.22. The van der Waals surface area contributed by atoms with Gasteiger partial charge in [0.05, 0.1) is 12.1 Å². The molecular formula is C12H15ClN2O3S. The molecule has 1 amide bonds. The fourth-order valence-corrected chi connectivity index (χ4v) is 2.63. The van der Waals surface area contributed by atoms with Gasteiger partial charge in [0.15, 0.2) is 0 Å². The highest BCUT2D eigenvalue weighted by Crippen LogP contribution is 2.29. The monoisotopic (exact) mass is 302 g/mol. The zero-order chi connectivity index (χ0) is 14.4. The van der Waals surface area contributed by atoms with Crippen molar-refractivity contribution in [2.24, 2.45) is 0 Å². The minimum absolute atomic E-state index is 0.297. The van der Waals surface area contributed by atoms with E-state index in [1.807, 2.05) is 0 Å². The van der Waals surface area contributed by atoms with Crippen molar-refractivity contribution >= 4 is 40.9 Å². The van der Waals surface area contributed by atoms with Crippen molar-refractivity contribution < 1.29 is 14.3 Å². The lowest BCUT2D eigenvalue weighted by Crippen LogP contribution is -2.42. The highest BCUT2D eigenvalue weighted by atomic mass is 35.5. The molecule has 1 aromatic carbocycles. The number of anilines is 1. The van der Waals surface area contributed by atoms with Crippen LogP contribution >= 0.6 is 23.4 Å².